The van der Waals surface area contributed by atoms with E-state index in [9.17, 15) is 9.90 Å². The number of nitrogen functional groups attached to an aromatic ring is 4. The molecule has 0 unspecified atom stereocenters. The molecule has 0 saturated heterocycles. The largest absolute Gasteiger partial charge is 0.508 e. The fraction of sp³-hybridized carbons (Fsp3) is 0.189. The van der Waals surface area contributed by atoms with Crippen molar-refractivity contribution in [3.63, 3.8) is 0 Å². The van der Waals surface area contributed by atoms with Crippen molar-refractivity contribution >= 4 is 39.9 Å². The van der Waals surface area contributed by atoms with E-state index in [1.165, 1.54) is 24.3 Å². The van der Waals surface area contributed by atoms with Crippen molar-refractivity contribution in [2.75, 3.05) is 22.9 Å². The van der Waals surface area contributed by atoms with Gasteiger partial charge in [-0.2, -0.15) is 0 Å². The van der Waals surface area contributed by atoms with Gasteiger partial charge in [-0.15, -0.1) is 0 Å². The van der Waals surface area contributed by atoms with Crippen molar-refractivity contribution in [1.82, 2.24) is 0 Å². The topological polar surface area (TPSA) is 228 Å². The van der Waals surface area contributed by atoms with Gasteiger partial charge in [-0.1, -0.05) is 53.3 Å². The minimum atomic E-state index is -0.328. The summed E-state index contributed by atoms with van der Waals surface area (Å²) in [7, 11) is 0. The summed E-state index contributed by atoms with van der Waals surface area (Å²) in [5, 5.41) is 27.4. The summed E-state index contributed by atoms with van der Waals surface area (Å²) in [6.45, 7) is 9.94. The summed E-state index contributed by atoms with van der Waals surface area (Å²) in [5.74, 6) is -0.187. The van der Waals surface area contributed by atoms with Gasteiger partial charge in [0, 0.05) is 56.8 Å². The van der Waals surface area contributed by atoms with Crippen molar-refractivity contribution in [1.29, 1.82) is 0 Å². The molecule has 4 aromatic rings. The van der Waals surface area contributed by atoms with E-state index in [4.69, 9.17) is 43.1 Å². The third kappa shape index (κ3) is 16.3. The second kappa shape index (κ2) is 24.2. The van der Waals surface area contributed by atoms with Crippen LogP contribution >= 0.6 is 0 Å². The number of carbonyl (C=O) groups excluding carboxylic acids is 1. The Morgan fingerprint density at radius 3 is 1.56 bits per heavy atom. The fourth-order valence-corrected chi connectivity index (χ4v) is 3.57. The number of aliphatic hydroxyl groups excluding tert-OH is 1. The third-order valence-corrected chi connectivity index (χ3v) is 5.80. The van der Waals surface area contributed by atoms with Gasteiger partial charge in [0.2, 0.25) is 5.78 Å². The molecule has 0 bridgehead atoms. The molecule has 5 rings (SSSR count). The number of hydrogen-bond donors (Lipinski definition) is 7. The highest BCUT2D eigenvalue weighted by atomic mass is 16.7. The van der Waals surface area contributed by atoms with Gasteiger partial charge in [0.05, 0.1) is 5.69 Å². The van der Waals surface area contributed by atoms with Crippen LogP contribution in [0.1, 0.15) is 46.2 Å². The minimum absolute atomic E-state index is 0. The van der Waals surface area contributed by atoms with Crippen LogP contribution in [0.4, 0.5) is 28.4 Å². The fourth-order valence-electron chi connectivity index (χ4n) is 3.57. The number of anilines is 4. The molecular formula is C37H49N5O6. The zero-order valence-corrected chi connectivity index (χ0v) is 27.3. The van der Waals surface area contributed by atoms with E-state index >= 15 is 0 Å². The first-order valence-corrected chi connectivity index (χ1v) is 14.7. The molecule has 258 valence electrons. The Labute approximate surface area is 283 Å². The van der Waals surface area contributed by atoms with Gasteiger partial charge in [0.25, 0.3) is 0 Å². The normalized spacial score (nSPS) is 11.6. The van der Waals surface area contributed by atoms with Crippen LogP contribution in [0, 0.1) is 16.9 Å². The van der Waals surface area contributed by atoms with Gasteiger partial charge in [0.15, 0.2) is 0 Å². The number of phenols is 2. The number of aliphatic imine (C=N–C) groups is 1. The number of rotatable bonds is 3. The highest BCUT2D eigenvalue weighted by Crippen LogP contribution is 2.22. The van der Waals surface area contributed by atoms with Gasteiger partial charge in [0.1, 0.15) is 23.0 Å². The van der Waals surface area contributed by atoms with Crippen molar-refractivity contribution in [2.24, 2.45) is 4.99 Å². The summed E-state index contributed by atoms with van der Waals surface area (Å²) in [4.78, 5) is 30.4. The maximum absolute atomic E-state index is 12.1. The molecular weight excluding hydrogens is 610 g/mol. The Hall–Kier alpha value is -6.10. The average Bonchev–Trinajstić information content (AvgIpc) is 3.07. The number of ketones is 1. The third-order valence-electron chi connectivity index (χ3n) is 5.80. The standard InChI is InChI=1S/C19H17N3O2.C7H10N2.C6H6O2.2C2H6.CH4.O2/c20-14-3-1-12(2-4-14)9-13-10-17(19(24)11-18(13)23)22-16-7-5-15(21)6-8-16;1-5-4-6(8)2-3-7(5)9;7-5-2-1-3-6(8)4-5;2*1-2;;1-2/h1-8,10-11,23H,9,20-21H2;2-4H,8-9H2,1H3;1-4,7-8H;2*1-2H3;1H4;. The number of nitrogens with zero attached hydrogens (tertiary/aromatic N) is 1. The number of carbonyl (C=O) groups is 1. The zero-order valence-electron chi connectivity index (χ0n) is 27.3. The quantitative estimate of drug-likeness (QED) is 0.0824. The molecule has 4 aromatic carbocycles. The first-order valence-electron chi connectivity index (χ1n) is 14.7. The van der Waals surface area contributed by atoms with Crippen LogP contribution in [-0.2, 0) is 11.2 Å². The molecule has 48 heavy (non-hydrogen) atoms. The average molecular weight is 660 g/mol. The van der Waals surface area contributed by atoms with Gasteiger partial charge >= 0.3 is 0 Å². The minimum Gasteiger partial charge on any atom is -0.508 e. The molecule has 11 heteroatoms. The Morgan fingerprint density at radius 1 is 0.646 bits per heavy atom. The van der Waals surface area contributed by atoms with Crippen LogP contribution < -0.4 is 22.9 Å². The van der Waals surface area contributed by atoms with Crippen LogP contribution in [0.5, 0.6) is 11.5 Å². The molecule has 0 heterocycles. The number of aryl methyl sites for hydroxylation is 1. The lowest BCUT2D eigenvalue weighted by Crippen LogP contribution is -2.16. The van der Waals surface area contributed by atoms with Crippen LogP contribution in [0.3, 0.4) is 0 Å². The number of aliphatic hydroxyl groups is 1. The van der Waals surface area contributed by atoms with Crippen LogP contribution in [-0.4, -0.2) is 26.8 Å². The van der Waals surface area contributed by atoms with E-state index < -0.39 is 0 Å². The molecule has 0 aliphatic heterocycles. The lowest BCUT2D eigenvalue weighted by Gasteiger charge is -2.12. The Kier molecular flexibility index (Phi) is 22.2. The number of allylic oxidation sites excluding steroid dienone is 3. The molecule has 0 radical (unpaired) electrons. The number of nitrogens with two attached hydrogens (primary N) is 4. The molecule has 0 saturated carbocycles. The van der Waals surface area contributed by atoms with Crippen LogP contribution in [0.2, 0.25) is 0 Å². The maximum atomic E-state index is 12.1. The van der Waals surface area contributed by atoms with E-state index in [2.05, 4.69) is 4.99 Å². The highest BCUT2D eigenvalue weighted by molar-refractivity contribution is 6.49. The first kappa shape index (κ1) is 44.0. The Morgan fingerprint density at radius 2 is 1.12 bits per heavy atom. The lowest BCUT2D eigenvalue weighted by atomic mass is 9.96. The number of aromatic hydroxyl groups is 2. The van der Waals surface area contributed by atoms with E-state index in [-0.39, 0.29) is 36.2 Å². The van der Waals surface area contributed by atoms with Gasteiger partial charge in [-0.3, -0.25) is 4.79 Å². The summed E-state index contributed by atoms with van der Waals surface area (Å²) in [5.41, 5.74) is 28.8. The number of phenolic OH excluding ortho intramolecular Hbond substituents is 2. The smallest absolute Gasteiger partial charge is 0.207 e. The number of benzene rings is 4. The van der Waals surface area contributed by atoms with Crippen LogP contribution in [0.15, 0.2) is 119 Å². The lowest BCUT2D eigenvalue weighted by molar-refractivity contribution is -0.109. The first-order chi connectivity index (χ1) is 22.5. The van der Waals surface area contributed by atoms with Gasteiger partial charge < -0.3 is 38.3 Å². The Balaban J connectivity index is 0. The van der Waals surface area contributed by atoms with Crippen molar-refractivity contribution in [2.45, 2.75) is 48.5 Å². The van der Waals surface area contributed by atoms with E-state index in [0.29, 0.717) is 29.1 Å². The van der Waals surface area contributed by atoms with Crippen molar-refractivity contribution in [3.8, 4) is 11.5 Å². The molecule has 1 aliphatic carbocycles. The molecule has 0 spiro atoms. The Bertz CT molecular complexity index is 1600. The second-order valence-electron chi connectivity index (χ2n) is 9.21. The van der Waals surface area contributed by atoms with Crippen molar-refractivity contribution < 1.29 is 20.1 Å². The number of hydrogen-bond acceptors (Lipinski definition) is 11. The van der Waals surface area contributed by atoms with Crippen LogP contribution in [0.25, 0.3) is 0 Å². The van der Waals surface area contributed by atoms with Crippen molar-refractivity contribution in [3.05, 3.63) is 136 Å². The molecule has 11 N–H and O–H groups in total. The summed E-state index contributed by atoms with van der Waals surface area (Å²) in [6, 6.07) is 25.6. The SMILES string of the molecule is C.CC.CC.Cc1cc(N)ccc1N.Nc1ccc(CC2=CC(=Nc3ccc(N)cc3)C(=O)C=C2O)cc1.O=O.Oc1cccc(O)c1. The molecule has 0 atom stereocenters. The van der Waals surface area contributed by atoms with E-state index in [0.717, 1.165) is 22.5 Å². The summed E-state index contributed by atoms with van der Waals surface area (Å²) < 4.78 is 0. The monoisotopic (exact) mass is 659 g/mol. The predicted octanol–water partition coefficient (Wildman–Crippen LogP) is 8.13. The molecule has 0 fully saturated rings. The predicted molar refractivity (Wildman–Crippen MR) is 202 cm³/mol. The summed E-state index contributed by atoms with van der Waals surface area (Å²) in [6.07, 6.45) is 3.30. The second-order valence-corrected chi connectivity index (χ2v) is 9.21. The van der Waals surface area contributed by atoms with Gasteiger partial charge in [-0.05, 0) is 90.9 Å². The zero-order chi connectivity index (χ0) is 35.9. The van der Waals surface area contributed by atoms with E-state index in [1.54, 1.807) is 54.6 Å². The molecule has 1 aliphatic rings. The molecule has 0 aromatic heterocycles. The van der Waals surface area contributed by atoms with Gasteiger partial charge in [-0.25, -0.2) is 4.99 Å². The molecule has 11 nitrogen and oxygen atoms in total. The van der Waals surface area contributed by atoms with E-state index in [1.807, 2.05) is 58.9 Å². The summed E-state index contributed by atoms with van der Waals surface area (Å²) >= 11 is 0. The molecule has 0 amide bonds. The highest BCUT2D eigenvalue weighted by Gasteiger charge is 2.18. The maximum Gasteiger partial charge on any atom is 0.207 e.